The van der Waals surface area contributed by atoms with E-state index in [1.165, 1.54) is 0 Å². The van der Waals surface area contributed by atoms with E-state index in [0.717, 1.165) is 21.7 Å². The molecule has 1 N–H and O–H groups in total. The molecule has 0 spiro atoms. The van der Waals surface area contributed by atoms with Gasteiger partial charge in [0.1, 0.15) is 5.60 Å². The van der Waals surface area contributed by atoms with Gasteiger partial charge in [-0.1, -0.05) is 45.0 Å². The van der Waals surface area contributed by atoms with Crippen molar-refractivity contribution in [3.63, 3.8) is 0 Å². The molecule has 2 aromatic rings. The number of amides is 1. The second kappa shape index (κ2) is 9.20. The Hall–Kier alpha value is -1.70. The molecule has 1 aromatic heterocycles. The fourth-order valence-electron chi connectivity index (χ4n) is 2.62. The number of aryl methyl sites for hydroxylation is 1. The molecule has 5 nitrogen and oxygen atoms in total. The van der Waals surface area contributed by atoms with E-state index >= 15 is 0 Å². The summed E-state index contributed by atoms with van der Waals surface area (Å²) in [7, 11) is -1.96. The molecule has 2 rings (SSSR count). The van der Waals surface area contributed by atoms with Gasteiger partial charge in [0, 0.05) is 0 Å². The van der Waals surface area contributed by atoms with Crippen LogP contribution in [0.15, 0.2) is 29.8 Å². The van der Waals surface area contributed by atoms with Crippen LogP contribution in [0.5, 0.6) is 0 Å². The van der Waals surface area contributed by atoms with Gasteiger partial charge in [0.25, 0.3) is 0 Å². The maximum Gasteiger partial charge on any atom is 0.408 e. The average Bonchev–Trinajstić information content (AvgIpc) is 3.02. The van der Waals surface area contributed by atoms with E-state index in [1.54, 1.807) is 11.3 Å². The minimum Gasteiger partial charge on any atom is -0.444 e. The van der Waals surface area contributed by atoms with Crippen LogP contribution < -0.4 is 5.32 Å². The summed E-state index contributed by atoms with van der Waals surface area (Å²) in [5.41, 5.74) is 4.45. The zero-order valence-corrected chi connectivity index (χ0v) is 21.6. The summed E-state index contributed by atoms with van der Waals surface area (Å²) in [6.45, 7) is 19.1. The first-order chi connectivity index (χ1) is 13.7. The summed E-state index contributed by atoms with van der Waals surface area (Å²) >= 11 is 1.63. The molecule has 0 aliphatic heterocycles. The molecule has 0 aliphatic carbocycles. The van der Waals surface area contributed by atoms with Crippen LogP contribution in [0.25, 0.3) is 10.4 Å². The average molecular weight is 449 g/mol. The van der Waals surface area contributed by atoms with Crippen LogP contribution >= 0.6 is 11.3 Å². The first-order valence-corrected chi connectivity index (χ1v) is 14.1. The van der Waals surface area contributed by atoms with Crippen LogP contribution in [0.2, 0.25) is 18.1 Å². The molecule has 0 radical (unpaired) electrons. The summed E-state index contributed by atoms with van der Waals surface area (Å²) in [4.78, 5) is 18.0. The molecule has 166 valence electrons. The van der Waals surface area contributed by atoms with E-state index in [-0.39, 0.29) is 11.1 Å². The van der Waals surface area contributed by atoms with Gasteiger partial charge in [0.15, 0.2) is 8.32 Å². The van der Waals surface area contributed by atoms with Crippen LogP contribution in [0.3, 0.4) is 0 Å². The highest BCUT2D eigenvalue weighted by molar-refractivity contribution is 7.13. The van der Waals surface area contributed by atoms with Crippen molar-refractivity contribution in [2.45, 2.75) is 78.2 Å². The molecule has 0 unspecified atom stereocenters. The number of hydrogen-bond acceptors (Lipinski definition) is 5. The lowest BCUT2D eigenvalue weighted by molar-refractivity contribution is 0.0484. The second-order valence-electron chi connectivity index (χ2n) is 10.2. The summed E-state index contributed by atoms with van der Waals surface area (Å²) < 4.78 is 11.9. The zero-order valence-electron chi connectivity index (χ0n) is 19.8. The van der Waals surface area contributed by atoms with Crippen molar-refractivity contribution in [2.24, 2.45) is 0 Å². The molecular formula is C23H36N2O3SSi. The van der Waals surface area contributed by atoms with E-state index < -0.39 is 20.0 Å². The molecule has 0 fully saturated rings. The van der Waals surface area contributed by atoms with Crippen molar-refractivity contribution in [2.75, 3.05) is 6.61 Å². The summed E-state index contributed by atoms with van der Waals surface area (Å²) in [5, 5.41) is 3.10. The smallest absolute Gasteiger partial charge is 0.408 e. The van der Waals surface area contributed by atoms with Crippen LogP contribution in [0, 0.1) is 6.92 Å². The van der Waals surface area contributed by atoms with E-state index in [9.17, 15) is 4.79 Å². The van der Waals surface area contributed by atoms with Crippen molar-refractivity contribution in [1.82, 2.24) is 10.3 Å². The Labute approximate surface area is 186 Å². The number of rotatable bonds is 6. The maximum absolute atomic E-state index is 12.5. The predicted molar refractivity (Wildman–Crippen MR) is 128 cm³/mol. The Bertz CT molecular complexity index is 849. The number of ether oxygens (including phenoxy) is 1. The van der Waals surface area contributed by atoms with Gasteiger partial charge in [-0.3, -0.25) is 0 Å². The van der Waals surface area contributed by atoms with Gasteiger partial charge >= 0.3 is 6.09 Å². The Morgan fingerprint density at radius 1 is 1.13 bits per heavy atom. The number of aromatic nitrogens is 1. The quantitative estimate of drug-likeness (QED) is 0.499. The van der Waals surface area contributed by atoms with Gasteiger partial charge in [-0.15, -0.1) is 11.3 Å². The molecule has 1 aromatic carbocycles. The Morgan fingerprint density at radius 3 is 2.20 bits per heavy atom. The van der Waals surface area contributed by atoms with Crippen molar-refractivity contribution in [1.29, 1.82) is 0 Å². The van der Waals surface area contributed by atoms with Gasteiger partial charge in [-0.25, -0.2) is 9.78 Å². The number of nitrogens with zero attached hydrogens (tertiary/aromatic N) is 1. The zero-order chi connectivity index (χ0) is 22.7. The monoisotopic (exact) mass is 448 g/mol. The third-order valence-electron chi connectivity index (χ3n) is 5.43. The highest BCUT2D eigenvalue weighted by atomic mass is 32.1. The number of alkyl carbamates (subject to hydrolysis) is 1. The normalized spacial score (nSPS) is 13.8. The fourth-order valence-corrected chi connectivity index (χ4v) is 4.45. The molecule has 7 heteroatoms. The predicted octanol–water partition coefficient (Wildman–Crippen LogP) is 6.71. The third-order valence-corrected chi connectivity index (χ3v) is 10.9. The number of carbonyl (C=O) groups is 1. The lowest BCUT2D eigenvalue weighted by Crippen LogP contribution is -2.44. The molecule has 0 aliphatic rings. The number of benzene rings is 1. The number of nitrogens with one attached hydrogen (secondary N) is 1. The highest BCUT2D eigenvalue weighted by Crippen LogP contribution is 2.37. The van der Waals surface area contributed by atoms with E-state index in [4.69, 9.17) is 9.16 Å². The largest absolute Gasteiger partial charge is 0.444 e. The molecule has 1 atom stereocenters. The Balaban J connectivity index is 2.24. The maximum atomic E-state index is 12.5. The SMILES string of the molecule is Cc1ncsc1-c1ccc([C@H](CO[Si](C)(C)C(C)(C)C)NC(=O)OC(C)(C)C)cc1. The lowest BCUT2D eigenvalue weighted by Gasteiger charge is -2.37. The van der Waals surface area contributed by atoms with E-state index in [1.807, 2.05) is 45.3 Å². The summed E-state index contributed by atoms with van der Waals surface area (Å²) in [5.74, 6) is 0. The first kappa shape index (κ1) is 24.6. The minimum absolute atomic E-state index is 0.0943. The highest BCUT2D eigenvalue weighted by Gasteiger charge is 2.38. The number of carbonyl (C=O) groups excluding carboxylic acids is 1. The summed E-state index contributed by atoms with van der Waals surface area (Å²) in [6, 6.07) is 7.96. The van der Waals surface area contributed by atoms with Crippen molar-refractivity contribution in [3.05, 3.63) is 41.0 Å². The Kier molecular flexibility index (Phi) is 7.53. The van der Waals surface area contributed by atoms with Gasteiger partial charge < -0.3 is 14.5 Å². The van der Waals surface area contributed by atoms with E-state index in [0.29, 0.717) is 6.61 Å². The molecular weight excluding hydrogens is 412 g/mol. The molecule has 0 saturated carbocycles. The number of hydrogen-bond donors (Lipinski definition) is 1. The van der Waals surface area contributed by atoms with Gasteiger partial charge in [0.2, 0.25) is 0 Å². The van der Waals surface area contributed by atoms with Crippen LogP contribution in [-0.2, 0) is 9.16 Å². The third kappa shape index (κ3) is 6.65. The molecule has 1 heterocycles. The molecule has 0 bridgehead atoms. The van der Waals surface area contributed by atoms with Gasteiger partial charge in [0.05, 0.1) is 28.7 Å². The van der Waals surface area contributed by atoms with E-state index in [2.05, 4.69) is 56.3 Å². The second-order valence-corrected chi connectivity index (χ2v) is 15.8. The number of thiazole rings is 1. The first-order valence-electron chi connectivity index (χ1n) is 10.3. The lowest BCUT2D eigenvalue weighted by atomic mass is 10.0. The van der Waals surface area contributed by atoms with Gasteiger partial charge in [-0.05, 0) is 57.0 Å². The summed E-state index contributed by atoms with van der Waals surface area (Å²) in [6.07, 6.45) is -0.436. The molecule has 30 heavy (non-hydrogen) atoms. The fraction of sp³-hybridized carbons (Fsp3) is 0.565. The topological polar surface area (TPSA) is 60.5 Å². The van der Waals surface area contributed by atoms with Crippen molar-refractivity contribution in [3.8, 4) is 10.4 Å². The van der Waals surface area contributed by atoms with Crippen molar-refractivity contribution >= 4 is 25.7 Å². The van der Waals surface area contributed by atoms with Gasteiger partial charge in [-0.2, -0.15) is 0 Å². The van der Waals surface area contributed by atoms with Crippen LogP contribution in [-0.4, -0.2) is 31.6 Å². The minimum atomic E-state index is -1.96. The Morgan fingerprint density at radius 2 is 1.73 bits per heavy atom. The standard InChI is InChI=1S/C23H36N2O3SSi/c1-16-20(29-15-24-16)18-12-10-17(11-13-18)19(25-21(26)28-22(2,3)4)14-27-30(8,9)23(5,6)7/h10-13,15,19H,14H2,1-9H3,(H,25,26)/t19-/m0/s1. The van der Waals surface area contributed by atoms with Crippen LogP contribution in [0.4, 0.5) is 4.79 Å². The van der Waals surface area contributed by atoms with Crippen molar-refractivity contribution < 1.29 is 14.0 Å². The molecule has 0 saturated heterocycles. The molecule has 1 amide bonds. The van der Waals surface area contributed by atoms with Crippen LogP contribution in [0.1, 0.15) is 58.8 Å².